The van der Waals surface area contributed by atoms with Gasteiger partial charge in [-0.1, -0.05) is 0 Å². The van der Waals surface area contributed by atoms with Gasteiger partial charge in [-0.25, -0.2) is 4.79 Å². The molecule has 124 valence electrons. The van der Waals surface area contributed by atoms with Crippen LogP contribution in [-0.2, 0) is 9.53 Å². The summed E-state index contributed by atoms with van der Waals surface area (Å²) in [6, 6.07) is 3.19. The Bertz CT molecular complexity index is 612. The van der Waals surface area contributed by atoms with Crippen LogP contribution in [0.5, 0.6) is 0 Å². The molecule has 0 spiro atoms. The van der Waals surface area contributed by atoms with E-state index in [1.807, 2.05) is 0 Å². The van der Waals surface area contributed by atoms with Crippen molar-refractivity contribution >= 4 is 27.7 Å². The Kier molecular flexibility index (Phi) is 3.67. The summed E-state index contributed by atoms with van der Waals surface area (Å²) in [6.07, 6.45) is 6.15. The van der Waals surface area contributed by atoms with Crippen molar-refractivity contribution in [1.29, 1.82) is 0 Å². The van der Waals surface area contributed by atoms with E-state index >= 15 is 0 Å². The van der Waals surface area contributed by atoms with Crippen LogP contribution in [0, 0.1) is 23.2 Å². The standard InChI is InChI=1S/C18H21BrO4/c1-10(22-17(21)14-2-3-15(19)23-14)16(20)18-7-11-4-12(8-18)6-13(5-11)9-18/h2-3,10-13H,4-9H2,1H3. The maximum absolute atomic E-state index is 13.1. The van der Waals surface area contributed by atoms with E-state index in [9.17, 15) is 9.59 Å². The van der Waals surface area contributed by atoms with Crippen LogP contribution >= 0.6 is 15.9 Å². The van der Waals surface area contributed by atoms with Crippen molar-refractivity contribution in [1.82, 2.24) is 0 Å². The van der Waals surface area contributed by atoms with E-state index in [-0.39, 0.29) is 17.0 Å². The zero-order chi connectivity index (χ0) is 16.2. The third kappa shape index (κ3) is 2.67. The average Bonchev–Trinajstić information content (AvgIpc) is 2.91. The summed E-state index contributed by atoms with van der Waals surface area (Å²) in [5.74, 6) is 1.79. The predicted molar refractivity (Wildman–Crippen MR) is 86.9 cm³/mol. The van der Waals surface area contributed by atoms with Gasteiger partial charge in [0, 0.05) is 5.41 Å². The molecule has 4 saturated carbocycles. The number of carbonyl (C=O) groups excluding carboxylic acids is 2. The first kappa shape index (κ1) is 15.4. The van der Waals surface area contributed by atoms with E-state index in [0.29, 0.717) is 22.4 Å². The third-order valence-corrected chi connectivity index (χ3v) is 6.41. The van der Waals surface area contributed by atoms with Crippen LogP contribution in [0.25, 0.3) is 0 Å². The van der Waals surface area contributed by atoms with E-state index in [2.05, 4.69) is 15.9 Å². The number of hydrogen-bond acceptors (Lipinski definition) is 4. The third-order valence-electron chi connectivity index (χ3n) is 5.99. The molecule has 5 rings (SSSR count). The van der Waals surface area contributed by atoms with Crippen molar-refractivity contribution < 1.29 is 18.7 Å². The van der Waals surface area contributed by atoms with E-state index in [1.54, 1.807) is 19.1 Å². The number of esters is 1. The summed E-state index contributed by atoms with van der Waals surface area (Å²) >= 11 is 3.16. The van der Waals surface area contributed by atoms with E-state index in [4.69, 9.17) is 9.15 Å². The van der Waals surface area contributed by atoms with Crippen molar-refractivity contribution in [3.8, 4) is 0 Å². The molecular formula is C18H21BrO4. The lowest BCUT2D eigenvalue weighted by atomic mass is 9.48. The number of Topliss-reactive ketones (excluding diaryl/α,β-unsaturated/α-hetero) is 1. The van der Waals surface area contributed by atoms with Crippen molar-refractivity contribution in [2.75, 3.05) is 0 Å². The molecule has 4 aliphatic carbocycles. The molecule has 0 amide bonds. The fourth-order valence-electron chi connectivity index (χ4n) is 5.54. The van der Waals surface area contributed by atoms with Crippen LogP contribution in [0.1, 0.15) is 56.0 Å². The first-order chi connectivity index (χ1) is 10.9. The minimum absolute atomic E-state index is 0.121. The smallest absolute Gasteiger partial charge is 0.374 e. The monoisotopic (exact) mass is 380 g/mol. The molecule has 0 radical (unpaired) electrons. The maximum atomic E-state index is 13.1. The minimum atomic E-state index is -0.706. The molecule has 0 aliphatic heterocycles. The second-order valence-electron chi connectivity index (χ2n) is 7.71. The molecular weight excluding hydrogens is 360 g/mol. The summed E-state index contributed by atoms with van der Waals surface area (Å²) in [5.41, 5.74) is -0.238. The number of ether oxygens (including phenoxy) is 1. The Morgan fingerprint density at radius 2 is 1.74 bits per heavy atom. The molecule has 23 heavy (non-hydrogen) atoms. The highest BCUT2D eigenvalue weighted by Gasteiger charge is 2.55. The average molecular weight is 381 g/mol. The molecule has 1 aromatic rings. The van der Waals surface area contributed by atoms with Crippen LogP contribution in [0.15, 0.2) is 21.2 Å². The Hall–Kier alpha value is -1.10. The van der Waals surface area contributed by atoms with Gasteiger partial charge in [0.15, 0.2) is 16.6 Å². The molecule has 5 heteroatoms. The predicted octanol–water partition coefficient (Wildman–Crippen LogP) is 4.37. The quantitative estimate of drug-likeness (QED) is 0.727. The highest BCUT2D eigenvalue weighted by Crippen LogP contribution is 2.60. The highest BCUT2D eigenvalue weighted by molar-refractivity contribution is 9.10. The molecule has 4 fully saturated rings. The van der Waals surface area contributed by atoms with E-state index in [0.717, 1.165) is 19.3 Å². The van der Waals surface area contributed by atoms with Gasteiger partial charge in [-0.3, -0.25) is 4.79 Å². The number of carbonyl (C=O) groups is 2. The fraction of sp³-hybridized carbons (Fsp3) is 0.667. The van der Waals surface area contributed by atoms with Gasteiger partial charge in [-0.05, 0) is 91.3 Å². The number of rotatable bonds is 4. The second-order valence-corrected chi connectivity index (χ2v) is 8.50. The largest absolute Gasteiger partial charge is 0.449 e. The van der Waals surface area contributed by atoms with E-state index < -0.39 is 12.1 Å². The Balaban J connectivity index is 1.47. The lowest BCUT2D eigenvalue weighted by Gasteiger charge is -2.56. The fourth-order valence-corrected chi connectivity index (χ4v) is 5.85. The zero-order valence-electron chi connectivity index (χ0n) is 13.2. The van der Waals surface area contributed by atoms with Crippen molar-refractivity contribution in [3.63, 3.8) is 0 Å². The molecule has 4 bridgehead atoms. The zero-order valence-corrected chi connectivity index (χ0v) is 14.8. The number of ketones is 1. The first-order valence-electron chi connectivity index (χ1n) is 8.46. The number of halogens is 1. The van der Waals surface area contributed by atoms with Crippen LogP contribution < -0.4 is 0 Å². The maximum Gasteiger partial charge on any atom is 0.374 e. The van der Waals surface area contributed by atoms with Gasteiger partial charge in [0.2, 0.25) is 5.76 Å². The Morgan fingerprint density at radius 1 is 1.17 bits per heavy atom. The molecule has 0 N–H and O–H groups in total. The second kappa shape index (κ2) is 5.47. The minimum Gasteiger partial charge on any atom is -0.449 e. The van der Waals surface area contributed by atoms with Crippen LogP contribution in [-0.4, -0.2) is 17.9 Å². The lowest BCUT2D eigenvalue weighted by Crippen LogP contribution is -2.52. The molecule has 1 aromatic heterocycles. The van der Waals surface area contributed by atoms with Gasteiger partial charge >= 0.3 is 5.97 Å². The van der Waals surface area contributed by atoms with Gasteiger partial charge in [0.05, 0.1) is 0 Å². The molecule has 4 nitrogen and oxygen atoms in total. The molecule has 1 heterocycles. The number of furan rings is 1. The molecule has 0 saturated heterocycles. The number of hydrogen-bond donors (Lipinski definition) is 0. The SMILES string of the molecule is CC(OC(=O)c1ccc(Br)o1)C(=O)C12CC3CC(CC(C3)C1)C2. The van der Waals surface area contributed by atoms with Crippen molar-refractivity contribution in [2.45, 2.75) is 51.6 Å². The first-order valence-corrected chi connectivity index (χ1v) is 9.25. The van der Waals surface area contributed by atoms with Crippen LogP contribution in [0.4, 0.5) is 0 Å². The van der Waals surface area contributed by atoms with E-state index in [1.165, 1.54) is 19.3 Å². The summed E-state index contributed by atoms with van der Waals surface area (Å²) in [4.78, 5) is 25.2. The van der Waals surface area contributed by atoms with Crippen molar-refractivity contribution in [2.24, 2.45) is 23.2 Å². The Morgan fingerprint density at radius 3 is 2.22 bits per heavy atom. The van der Waals surface area contributed by atoms with Crippen molar-refractivity contribution in [3.05, 3.63) is 22.6 Å². The van der Waals surface area contributed by atoms with Gasteiger partial charge < -0.3 is 9.15 Å². The summed E-state index contributed by atoms with van der Waals surface area (Å²) in [7, 11) is 0. The molecule has 1 unspecified atom stereocenters. The van der Waals surface area contributed by atoms with Gasteiger partial charge in [0.25, 0.3) is 0 Å². The van der Waals surface area contributed by atoms with Gasteiger partial charge in [-0.15, -0.1) is 0 Å². The van der Waals surface area contributed by atoms with Crippen LogP contribution in [0.2, 0.25) is 0 Å². The van der Waals surface area contributed by atoms with Gasteiger partial charge in [-0.2, -0.15) is 0 Å². The molecule has 0 aromatic carbocycles. The molecule has 4 aliphatic rings. The summed E-state index contributed by atoms with van der Waals surface area (Å²) in [5, 5.41) is 0. The Labute approximate surface area is 144 Å². The van der Waals surface area contributed by atoms with Crippen LogP contribution in [0.3, 0.4) is 0 Å². The van der Waals surface area contributed by atoms with Gasteiger partial charge in [0.1, 0.15) is 0 Å². The summed E-state index contributed by atoms with van der Waals surface area (Å²) in [6.45, 7) is 1.71. The normalized spacial score (nSPS) is 36.0. The topological polar surface area (TPSA) is 56.5 Å². The highest BCUT2D eigenvalue weighted by atomic mass is 79.9. The lowest BCUT2D eigenvalue weighted by molar-refractivity contribution is -0.152. The molecule has 1 atom stereocenters. The summed E-state index contributed by atoms with van der Waals surface area (Å²) < 4.78 is 11.1.